The average Bonchev–Trinajstić information content (AvgIpc) is 2.56. The number of hydrogen-bond donors (Lipinski definition) is 1. The maximum Gasteiger partial charge on any atom is 0.223 e. The third-order valence-corrected chi connectivity index (χ3v) is 6.56. The fraction of sp³-hybridized carbons (Fsp3) is 0.650. The van der Waals surface area contributed by atoms with Gasteiger partial charge in [-0.15, -0.1) is 0 Å². The maximum atomic E-state index is 12.5. The Hall–Kier alpha value is -0.960. The number of carbonyl (C=O) groups is 1. The number of amides is 1. The van der Waals surface area contributed by atoms with E-state index in [9.17, 15) is 4.79 Å². The van der Waals surface area contributed by atoms with E-state index in [0.717, 1.165) is 37.9 Å². The Labute approximate surface area is 145 Å². The van der Waals surface area contributed by atoms with Gasteiger partial charge in [0.25, 0.3) is 0 Å². The summed E-state index contributed by atoms with van der Waals surface area (Å²) in [6, 6.07) is 10.8. The summed E-state index contributed by atoms with van der Waals surface area (Å²) < 4.78 is 0. The van der Waals surface area contributed by atoms with E-state index >= 15 is 0 Å². The molecule has 1 amide bonds. The van der Waals surface area contributed by atoms with Crippen LogP contribution < -0.4 is 5.73 Å². The summed E-state index contributed by atoms with van der Waals surface area (Å²) in [5, 5.41) is 0. The van der Waals surface area contributed by atoms with Gasteiger partial charge in [0.2, 0.25) is 5.91 Å². The molecule has 2 N–H and O–H groups in total. The standard InChI is InChI=1S/C20H31NOS/c1-4-11-20(18(21)22)13-16(14-23-3)12-19(5-2,15-20)17-9-7-6-8-10-17/h6-10,16H,4-5,11-15H2,1-3H3,(H2,21,22). The second kappa shape index (κ2) is 7.74. The molecule has 23 heavy (non-hydrogen) atoms. The van der Waals surface area contributed by atoms with Gasteiger partial charge in [0.05, 0.1) is 5.41 Å². The maximum absolute atomic E-state index is 12.5. The Bertz CT molecular complexity index is 518. The smallest absolute Gasteiger partial charge is 0.223 e. The van der Waals surface area contributed by atoms with E-state index in [0.29, 0.717) is 5.92 Å². The number of hydrogen-bond acceptors (Lipinski definition) is 2. The highest BCUT2D eigenvalue weighted by atomic mass is 32.2. The Morgan fingerprint density at radius 2 is 1.96 bits per heavy atom. The Morgan fingerprint density at radius 1 is 1.26 bits per heavy atom. The van der Waals surface area contributed by atoms with Crippen molar-refractivity contribution in [2.75, 3.05) is 12.0 Å². The highest BCUT2D eigenvalue weighted by Gasteiger charge is 2.50. The average molecular weight is 334 g/mol. The zero-order chi connectivity index (χ0) is 16.9. The molecule has 1 aromatic carbocycles. The molecule has 3 atom stereocenters. The number of primary amides is 1. The van der Waals surface area contributed by atoms with Crippen molar-refractivity contribution in [3.05, 3.63) is 35.9 Å². The quantitative estimate of drug-likeness (QED) is 0.781. The summed E-state index contributed by atoms with van der Waals surface area (Å²) in [6.07, 6.45) is 8.22. The van der Waals surface area contributed by atoms with Crippen molar-refractivity contribution in [2.45, 2.75) is 57.8 Å². The first kappa shape index (κ1) is 18.4. The Balaban J connectivity index is 2.46. The lowest BCUT2D eigenvalue weighted by molar-refractivity contribution is -0.133. The molecule has 1 saturated carbocycles. The van der Waals surface area contributed by atoms with Crippen LogP contribution in [0.3, 0.4) is 0 Å². The highest BCUT2D eigenvalue weighted by molar-refractivity contribution is 7.98. The topological polar surface area (TPSA) is 43.1 Å². The summed E-state index contributed by atoms with van der Waals surface area (Å²) in [4.78, 5) is 12.5. The zero-order valence-corrected chi connectivity index (χ0v) is 15.6. The Morgan fingerprint density at radius 3 is 2.48 bits per heavy atom. The monoisotopic (exact) mass is 333 g/mol. The summed E-state index contributed by atoms with van der Waals surface area (Å²) >= 11 is 1.89. The predicted octanol–water partition coefficient (Wildman–Crippen LogP) is 4.77. The molecular weight excluding hydrogens is 302 g/mol. The summed E-state index contributed by atoms with van der Waals surface area (Å²) in [6.45, 7) is 4.44. The zero-order valence-electron chi connectivity index (χ0n) is 14.8. The highest BCUT2D eigenvalue weighted by Crippen LogP contribution is 2.54. The number of nitrogens with two attached hydrogens (primary N) is 1. The molecule has 1 aliphatic carbocycles. The van der Waals surface area contributed by atoms with Gasteiger partial charge in [0.1, 0.15) is 0 Å². The Kier molecular flexibility index (Phi) is 6.19. The number of benzene rings is 1. The fourth-order valence-corrected chi connectivity index (χ4v) is 5.50. The SMILES string of the molecule is CCCC1(C(N)=O)CC(CSC)CC(CC)(c2ccccc2)C1. The molecule has 2 nitrogen and oxygen atoms in total. The molecule has 1 fully saturated rings. The summed E-state index contributed by atoms with van der Waals surface area (Å²) in [5.41, 5.74) is 7.09. The molecule has 0 bridgehead atoms. The van der Waals surface area contributed by atoms with Gasteiger partial charge in [-0.1, -0.05) is 50.6 Å². The van der Waals surface area contributed by atoms with Gasteiger partial charge >= 0.3 is 0 Å². The van der Waals surface area contributed by atoms with Gasteiger partial charge in [0.15, 0.2) is 0 Å². The minimum Gasteiger partial charge on any atom is -0.369 e. The number of carbonyl (C=O) groups excluding carboxylic acids is 1. The van der Waals surface area contributed by atoms with Gasteiger partial charge in [-0.2, -0.15) is 11.8 Å². The molecule has 0 saturated heterocycles. The molecule has 0 spiro atoms. The van der Waals surface area contributed by atoms with Gasteiger partial charge in [-0.25, -0.2) is 0 Å². The fourth-order valence-electron chi connectivity index (χ4n) is 4.79. The van der Waals surface area contributed by atoms with Crippen LogP contribution >= 0.6 is 11.8 Å². The van der Waals surface area contributed by atoms with Crippen molar-refractivity contribution < 1.29 is 4.79 Å². The van der Waals surface area contributed by atoms with Crippen LogP contribution in [0.2, 0.25) is 0 Å². The van der Waals surface area contributed by atoms with Gasteiger partial charge in [0, 0.05) is 0 Å². The second-order valence-electron chi connectivity index (χ2n) is 7.30. The van der Waals surface area contributed by atoms with Crippen LogP contribution in [0, 0.1) is 11.3 Å². The van der Waals surface area contributed by atoms with Crippen molar-refractivity contribution in [1.29, 1.82) is 0 Å². The normalized spacial score (nSPS) is 31.0. The lowest BCUT2D eigenvalue weighted by atomic mass is 9.54. The molecule has 128 valence electrons. The summed E-state index contributed by atoms with van der Waals surface area (Å²) in [5.74, 6) is 1.60. The van der Waals surface area contributed by atoms with Gasteiger partial charge in [-0.05, 0) is 61.0 Å². The first-order valence-corrected chi connectivity index (χ1v) is 10.3. The molecule has 1 aliphatic rings. The van der Waals surface area contributed by atoms with E-state index in [1.807, 2.05) is 11.8 Å². The number of rotatable bonds is 7. The van der Waals surface area contributed by atoms with Crippen molar-refractivity contribution >= 4 is 17.7 Å². The van der Waals surface area contributed by atoms with Crippen LogP contribution in [0.5, 0.6) is 0 Å². The minimum absolute atomic E-state index is 0.0843. The van der Waals surface area contributed by atoms with Crippen LogP contribution in [0.15, 0.2) is 30.3 Å². The second-order valence-corrected chi connectivity index (χ2v) is 8.21. The minimum atomic E-state index is -0.334. The molecule has 0 aromatic heterocycles. The lowest BCUT2D eigenvalue weighted by Gasteiger charge is -2.50. The molecule has 0 aliphatic heterocycles. The molecule has 0 radical (unpaired) electrons. The molecular formula is C20H31NOS. The number of thioether (sulfide) groups is 1. The van der Waals surface area contributed by atoms with Crippen molar-refractivity contribution in [3.8, 4) is 0 Å². The molecule has 3 heteroatoms. The largest absolute Gasteiger partial charge is 0.369 e. The van der Waals surface area contributed by atoms with E-state index < -0.39 is 0 Å². The van der Waals surface area contributed by atoms with Crippen molar-refractivity contribution in [3.63, 3.8) is 0 Å². The molecule has 2 rings (SSSR count). The third-order valence-electron chi connectivity index (χ3n) is 5.75. The van der Waals surface area contributed by atoms with Gasteiger partial charge < -0.3 is 5.73 Å². The molecule has 1 aromatic rings. The van der Waals surface area contributed by atoms with E-state index in [4.69, 9.17) is 5.73 Å². The lowest BCUT2D eigenvalue weighted by Crippen LogP contribution is -2.49. The van der Waals surface area contributed by atoms with Crippen LogP contribution in [0.4, 0.5) is 0 Å². The van der Waals surface area contributed by atoms with E-state index in [1.54, 1.807) is 0 Å². The van der Waals surface area contributed by atoms with Crippen LogP contribution in [0.25, 0.3) is 0 Å². The van der Waals surface area contributed by atoms with Crippen LogP contribution in [-0.2, 0) is 10.2 Å². The van der Waals surface area contributed by atoms with Crippen molar-refractivity contribution in [1.82, 2.24) is 0 Å². The van der Waals surface area contributed by atoms with Crippen LogP contribution in [-0.4, -0.2) is 17.9 Å². The van der Waals surface area contributed by atoms with Gasteiger partial charge in [-0.3, -0.25) is 4.79 Å². The summed E-state index contributed by atoms with van der Waals surface area (Å²) in [7, 11) is 0. The van der Waals surface area contributed by atoms with E-state index in [1.165, 1.54) is 12.0 Å². The molecule has 0 heterocycles. The third kappa shape index (κ3) is 3.76. The van der Waals surface area contributed by atoms with E-state index in [2.05, 4.69) is 50.4 Å². The predicted molar refractivity (Wildman–Crippen MR) is 101 cm³/mol. The molecule has 3 unspecified atom stereocenters. The van der Waals surface area contributed by atoms with E-state index in [-0.39, 0.29) is 16.7 Å². The first-order valence-electron chi connectivity index (χ1n) is 8.86. The van der Waals surface area contributed by atoms with Crippen LogP contribution in [0.1, 0.15) is 57.9 Å². The first-order chi connectivity index (χ1) is 11.0. The van der Waals surface area contributed by atoms with Crippen molar-refractivity contribution in [2.24, 2.45) is 17.1 Å².